The number of thiocarbonyl (C=S) groups is 1. The Kier molecular flexibility index (Phi) is 6.44. The molecule has 1 fully saturated rings. The van der Waals surface area contributed by atoms with Crippen LogP contribution in [0.25, 0.3) is 0 Å². The van der Waals surface area contributed by atoms with Crippen LogP contribution in [0.1, 0.15) is 11.6 Å². The Balaban J connectivity index is 2.21. The van der Waals surface area contributed by atoms with Crippen LogP contribution in [-0.2, 0) is 14.3 Å². The smallest absolute Gasteiger partial charge is 0.317 e. The third kappa shape index (κ3) is 4.46. The highest BCUT2D eigenvalue weighted by Crippen LogP contribution is 2.31. The standard InChI is InChI=1S/C16H20N2O3S2/c1-10-13(15(19)21-9-8-20-2)14(18-16(22)17-10)11-4-6-12(23-3)7-5-11/h4-7,13-14H,1,8-9H2,2-3H3,(H2,17,18,22)/t13-,14-/m0/s1. The van der Waals surface area contributed by atoms with Crippen LogP contribution in [0.15, 0.2) is 41.4 Å². The quantitative estimate of drug-likeness (QED) is 0.352. The second kappa shape index (κ2) is 8.33. The SMILES string of the molecule is C=C1NC(=S)N[C@@H](c2ccc(SC)cc2)[C@H]1C(=O)OCCOC. The zero-order valence-corrected chi connectivity index (χ0v) is 14.8. The van der Waals surface area contributed by atoms with Crippen LogP contribution in [0.3, 0.4) is 0 Å². The molecule has 2 atom stereocenters. The Morgan fingerprint density at radius 3 is 2.65 bits per heavy atom. The van der Waals surface area contributed by atoms with Gasteiger partial charge >= 0.3 is 5.97 Å². The molecule has 0 bridgehead atoms. The number of ether oxygens (including phenoxy) is 2. The molecular formula is C16H20N2O3S2. The van der Waals surface area contributed by atoms with E-state index in [1.54, 1.807) is 18.9 Å². The van der Waals surface area contributed by atoms with Crippen molar-refractivity contribution in [2.75, 3.05) is 26.6 Å². The number of methoxy groups -OCH3 is 1. The van der Waals surface area contributed by atoms with Crippen LogP contribution in [0.2, 0.25) is 0 Å². The fraction of sp³-hybridized carbons (Fsp3) is 0.375. The van der Waals surface area contributed by atoms with E-state index in [2.05, 4.69) is 17.2 Å². The van der Waals surface area contributed by atoms with Gasteiger partial charge in [0.05, 0.1) is 12.6 Å². The molecule has 0 aliphatic carbocycles. The van der Waals surface area contributed by atoms with Gasteiger partial charge in [0, 0.05) is 17.7 Å². The summed E-state index contributed by atoms with van der Waals surface area (Å²) < 4.78 is 10.2. The minimum Gasteiger partial charge on any atom is -0.463 e. The molecule has 124 valence electrons. The first-order chi connectivity index (χ1) is 11.1. The highest BCUT2D eigenvalue weighted by atomic mass is 32.2. The minimum atomic E-state index is -0.557. The van der Waals surface area contributed by atoms with Crippen LogP contribution < -0.4 is 10.6 Å². The third-order valence-electron chi connectivity index (χ3n) is 3.53. The van der Waals surface area contributed by atoms with Crippen LogP contribution in [0.5, 0.6) is 0 Å². The molecule has 1 aromatic carbocycles. The summed E-state index contributed by atoms with van der Waals surface area (Å²) in [5, 5.41) is 6.51. The number of benzene rings is 1. The zero-order chi connectivity index (χ0) is 16.8. The van der Waals surface area contributed by atoms with E-state index in [4.69, 9.17) is 21.7 Å². The van der Waals surface area contributed by atoms with Crippen LogP contribution in [0, 0.1) is 5.92 Å². The van der Waals surface area contributed by atoms with Gasteiger partial charge in [-0.3, -0.25) is 4.79 Å². The minimum absolute atomic E-state index is 0.210. The Hall–Kier alpha value is -1.57. The van der Waals surface area contributed by atoms with Crippen LogP contribution in [0.4, 0.5) is 0 Å². The van der Waals surface area contributed by atoms with E-state index in [0.717, 1.165) is 10.5 Å². The molecule has 0 amide bonds. The van der Waals surface area contributed by atoms with E-state index in [-0.39, 0.29) is 18.6 Å². The molecule has 0 radical (unpaired) electrons. The maximum atomic E-state index is 12.4. The third-order valence-corrected chi connectivity index (χ3v) is 4.49. The van der Waals surface area contributed by atoms with Crippen molar-refractivity contribution in [2.45, 2.75) is 10.9 Å². The first-order valence-electron chi connectivity index (χ1n) is 7.12. The molecule has 1 heterocycles. The predicted molar refractivity (Wildman–Crippen MR) is 95.3 cm³/mol. The molecule has 0 spiro atoms. The number of carbonyl (C=O) groups is 1. The second-order valence-electron chi connectivity index (χ2n) is 5.01. The van der Waals surface area contributed by atoms with Gasteiger partial charge < -0.3 is 20.1 Å². The molecule has 5 nitrogen and oxygen atoms in total. The molecule has 2 N–H and O–H groups in total. The van der Waals surface area contributed by atoms with Gasteiger partial charge in [-0.15, -0.1) is 11.8 Å². The topological polar surface area (TPSA) is 59.6 Å². The lowest BCUT2D eigenvalue weighted by atomic mass is 9.89. The van der Waals surface area contributed by atoms with Crippen molar-refractivity contribution in [3.8, 4) is 0 Å². The van der Waals surface area contributed by atoms with Gasteiger partial charge in [0.25, 0.3) is 0 Å². The molecule has 1 aromatic rings. The number of thioether (sulfide) groups is 1. The van der Waals surface area contributed by atoms with Gasteiger partial charge in [0.1, 0.15) is 12.5 Å². The Labute approximate surface area is 145 Å². The van der Waals surface area contributed by atoms with Crippen LogP contribution in [-0.4, -0.2) is 37.7 Å². The fourth-order valence-corrected chi connectivity index (χ4v) is 3.03. The molecule has 0 aromatic heterocycles. The molecule has 0 unspecified atom stereocenters. The van der Waals surface area contributed by atoms with Crippen molar-refractivity contribution < 1.29 is 14.3 Å². The van der Waals surface area contributed by atoms with Crippen molar-refractivity contribution >= 4 is 35.1 Å². The zero-order valence-electron chi connectivity index (χ0n) is 13.1. The molecule has 7 heteroatoms. The Bertz CT molecular complexity index is 589. The summed E-state index contributed by atoms with van der Waals surface area (Å²) in [4.78, 5) is 13.6. The van der Waals surface area contributed by atoms with E-state index >= 15 is 0 Å². The van der Waals surface area contributed by atoms with E-state index in [0.29, 0.717) is 17.4 Å². The molecule has 2 rings (SSSR count). The number of hydrogen-bond acceptors (Lipinski definition) is 5. The van der Waals surface area contributed by atoms with Crippen molar-refractivity contribution in [1.29, 1.82) is 0 Å². The van der Waals surface area contributed by atoms with Gasteiger partial charge in [-0.1, -0.05) is 18.7 Å². The largest absolute Gasteiger partial charge is 0.463 e. The number of hydrogen-bond donors (Lipinski definition) is 2. The first-order valence-corrected chi connectivity index (χ1v) is 8.76. The molecule has 23 heavy (non-hydrogen) atoms. The summed E-state index contributed by atoms with van der Waals surface area (Å²) in [7, 11) is 1.56. The van der Waals surface area contributed by atoms with E-state index in [9.17, 15) is 4.79 Å². The number of rotatable bonds is 6. The monoisotopic (exact) mass is 352 g/mol. The van der Waals surface area contributed by atoms with E-state index in [1.165, 1.54) is 0 Å². The summed E-state index contributed by atoms with van der Waals surface area (Å²) in [6, 6.07) is 7.70. The lowest BCUT2D eigenvalue weighted by Gasteiger charge is -2.34. The number of carbonyl (C=O) groups excluding carboxylic acids is 1. The predicted octanol–water partition coefficient (Wildman–Crippen LogP) is 2.25. The van der Waals surface area contributed by atoms with E-state index in [1.807, 2.05) is 30.5 Å². The molecule has 1 aliphatic heterocycles. The normalized spacial score (nSPS) is 20.6. The fourth-order valence-electron chi connectivity index (χ4n) is 2.37. The van der Waals surface area contributed by atoms with Crippen LogP contribution >= 0.6 is 24.0 Å². The number of esters is 1. The van der Waals surface area contributed by atoms with Crippen molar-refractivity contribution in [1.82, 2.24) is 10.6 Å². The first kappa shape index (κ1) is 17.8. The summed E-state index contributed by atoms with van der Waals surface area (Å²) in [5.74, 6) is -0.910. The Morgan fingerprint density at radius 2 is 2.04 bits per heavy atom. The van der Waals surface area contributed by atoms with E-state index < -0.39 is 5.92 Å². The summed E-state index contributed by atoms with van der Waals surface area (Å²) >= 11 is 6.86. The summed E-state index contributed by atoms with van der Waals surface area (Å²) in [6.45, 7) is 4.50. The average Bonchev–Trinajstić information content (AvgIpc) is 2.54. The van der Waals surface area contributed by atoms with Gasteiger partial charge in [-0.25, -0.2) is 0 Å². The Morgan fingerprint density at radius 1 is 1.35 bits per heavy atom. The lowest BCUT2D eigenvalue weighted by molar-refractivity contribution is -0.149. The van der Waals surface area contributed by atoms with Gasteiger partial charge in [-0.05, 0) is 36.2 Å². The highest BCUT2D eigenvalue weighted by Gasteiger charge is 2.37. The summed E-state index contributed by atoms with van der Waals surface area (Å²) in [6.07, 6.45) is 2.02. The highest BCUT2D eigenvalue weighted by molar-refractivity contribution is 7.98. The molecular weight excluding hydrogens is 332 g/mol. The van der Waals surface area contributed by atoms with Crippen molar-refractivity contribution in [3.05, 3.63) is 42.1 Å². The van der Waals surface area contributed by atoms with Gasteiger partial charge in [0.2, 0.25) is 0 Å². The van der Waals surface area contributed by atoms with Crippen molar-refractivity contribution in [2.24, 2.45) is 5.92 Å². The lowest BCUT2D eigenvalue weighted by Crippen LogP contribution is -2.51. The maximum absolute atomic E-state index is 12.4. The van der Waals surface area contributed by atoms with Gasteiger partial charge in [0.15, 0.2) is 5.11 Å². The molecule has 1 saturated heterocycles. The maximum Gasteiger partial charge on any atom is 0.317 e. The summed E-state index contributed by atoms with van der Waals surface area (Å²) in [5.41, 5.74) is 1.50. The number of nitrogens with one attached hydrogen (secondary N) is 2. The molecule has 0 saturated carbocycles. The van der Waals surface area contributed by atoms with Gasteiger partial charge in [-0.2, -0.15) is 0 Å². The molecule has 1 aliphatic rings. The average molecular weight is 352 g/mol. The second-order valence-corrected chi connectivity index (χ2v) is 6.30. The van der Waals surface area contributed by atoms with Crippen molar-refractivity contribution in [3.63, 3.8) is 0 Å².